The quantitative estimate of drug-likeness (QED) is 0.356. The third kappa shape index (κ3) is 4.54. The van der Waals surface area contributed by atoms with Crippen molar-refractivity contribution in [2.45, 2.75) is 44.2 Å². The molecule has 0 radical (unpaired) electrons. The van der Waals surface area contributed by atoms with Crippen LogP contribution in [-0.4, -0.2) is 66.5 Å². The molecule has 2 unspecified atom stereocenters. The van der Waals surface area contributed by atoms with Crippen molar-refractivity contribution < 1.29 is 18.8 Å². The molecule has 5 nitrogen and oxygen atoms in total. The second-order valence-corrected chi connectivity index (χ2v) is 10.7. The maximum atomic E-state index is 13.6. The summed E-state index contributed by atoms with van der Waals surface area (Å²) in [7, 11) is 0. The summed E-state index contributed by atoms with van der Waals surface area (Å²) in [6, 6.07) is 13.6. The topological polar surface area (TPSA) is 46.6 Å². The van der Waals surface area contributed by atoms with E-state index in [-0.39, 0.29) is 23.9 Å². The Morgan fingerprint density at radius 3 is 2.47 bits per heavy atom. The highest BCUT2D eigenvalue weighted by atomic mass is 32.1. The number of Topliss-reactive ketones (excluding diaryl/α,β-unsaturated/α-hetero) is 1. The number of fused-ring (bicyclic) bond motifs is 3. The Labute approximate surface area is 194 Å². The van der Waals surface area contributed by atoms with Gasteiger partial charge in [0, 0.05) is 18.8 Å². The van der Waals surface area contributed by atoms with E-state index >= 15 is 0 Å². The van der Waals surface area contributed by atoms with Crippen LogP contribution in [0.1, 0.15) is 53.4 Å². The molecule has 4 saturated heterocycles. The van der Waals surface area contributed by atoms with Gasteiger partial charge in [-0.25, -0.2) is 4.79 Å². The van der Waals surface area contributed by atoms with Crippen LogP contribution >= 0.6 is 11.3 Å². The maximum Gasteiger partial charge on any atom is 0.328 e. The number of hydrogen-bond acceptors (Lipinski definition) is 5. The van der Waals surface area contributed by atoms with Gasteiger partial charge in [-0.1, -0.05) is 42.8 Å². The van der Waals surface area contributed by atoms with E-state index in [4.69, 9.17) is 4.74 Å². The third-order valence-electron chi connectivity index (χ3n) is 7.68. The minimum atomic E-state index is -0.326. The van der Waals surface area contributed by atoms with E-state index < -0.39 is 0 Å². The van der Waals surface area contributed by atoms with Crippen LogP contribution in [0.5, 0.6) is 0 Å². The standard InChI is InChI=1S/C26H33N2O3S/c29-22(24-10-7-17-32-24)18-28-15-11-20(12-16-28)23(19-28)31-26(30)25(21-8-3-1-4-9-21)27-13-5-2-6-14-27/h1,3-4,7-10,17,20,23,25H,2,5-6,11-16,18-19H2/q+1. The first-order valence-electron chi connectivity index (χ1n) is 12.0. The number of esters is 1. The molecule has 1 aromatic heterocycles. The monoisotopic (exact) mass is 453 g/mol. The van der Waals surface area contributed by atoms with Crippen molar-refractivity contribution in [1.82, 2.24) is 4.90 Å². The summed E-state index contributed by atoms with van der Waals surface area (Å²) in [6.45, 7) is 5.22. The van der Waals surface area contributed by atoms with Crippen LogP contribution in [0.4, 0.5) is 0 Å². The van der Waals surface area contributed by atoms with Crippen LogP contribution in [0.25, 0.3) is 0 Å². The molecule has 2 bridgehead atoms. The van der Waals surface area contributed by atoms with E-state index in [9.17, 15) is 9.59 Å². The Hall–Kier alpha value is -2.02. The summed E-state index contributed by atoms with van der Waals surface area (Å²) in [4.78, 5) is 29.6. The average molecular weight is 454 g/mol. The molecule has 5 heterocycles. The molecule has 170 valence electrons. The summed E-state index contributed by atoms with van der Waals surface area (Å²) in [5.74, 6) is 0.536. The molecule has 2 aromatic rings. The van der Waals surface area contributed by atoms with Gasteiger partial charge in [-0.2, -0.15) is 0 Å². The van der Waals surface area contributed by atoms with Crippen LogP contribution in [0, 0.1) is 5.92 Å². The van der Waals surface area contributed by atoms with Gasteiger partial charge < -0.3 is 9.22 Å². The fraction of sp³-hybridized carbons (Fsp3) is 0.538. The summed E-state index contributed by atoms with van der Waals surface area (Å²) < 4.78 is 7.06. The molecule has 0 amide bonds. The number of ketones is 1. The van der Waals surface area contributed by atoms with E-state index in [0.717, 1.165) is 73.3 Å². The van der Waals surface area contributed by atoms with Crippen LogP contribution < -0.4 is 0 Å². The van der Waals surface area contributed by atoms with Gasteiger partial charge in [0.2, 0.25) is 5.78 Å². The Morgan fingerprint density at radius 1 is 1.03 bits per heavy atom. The molecule has 4 aliphatic rings. The van der Waals surface area contributed by atoms with Gasteiger partial charge >= 0.3 is 5.97 Å². The van der Waals surface area contributed by atoms with Crippen LogP contribution in [0.3, 0.4) is 0 Å². The molecular weight excluding hydrogens is 420 g/mol. The first kappa shape index (κ1) is 21.8. The number of thiophene rings is 1. The van der Waals surface area contributed by atoms with Crippen molar-refractivity contribution in [3.05, 3.63) is 58.3 Å². The minimum absolute atomic E-state index is 0.0860. The van der Waals surface area contributed by atoms with E-state index in [1.54, 1.807) is 0 Å². The van der Waals surface area contributed by atoms with Gasteiger partial charge in [-0.3, -0.25) is 9.69 Å². The Bertz CT molecular complexity index is 916. The predicted octanol–water partition coefficient (Wildman–Crippen LogP) is 4.31. The normalized spacial score (nSPS) is 28.9. The first-order valence-corrected chi connectivity index (χ1v) is 12.9. The summed E-state index contributed by atoms with van der Waals surface area (Å²) >= 11 is 1.52. The van der Waals surface area contributed by atoms with Crippen molar-refractivity contribution in [3.8, 4) is 0 Å². The first-order chi connectivity index (χ1) is 15.6. The molecule has 0 spiro atoms. The largest absolute Gasteiger partial charge is 0.455 e. The highest BCUT2D eigenvalue weighted by Crippen LogP contribution is 2.37. The SMILES string of the molecule is O=C(C[N+]12CCC(CC1)C(OC(=O)C(c1ccccc1)N1CCCCC1)C2)c1cccs1. The summed E-state index contributed by atoms with van der Waals surface area (Å²) in [6.07, 6.45) is 5.49. The second-order valence-electron chi connectivity index (χ2n) is 9.75. The van der Waals surface area contributed by atoms with E-state index in [2.05, 4.69) is 4.90 Å². The Morgan fingerprint density at radius 2 is 1.78 bits per heavy atom. The third-order valence-corrected chi connectivity index (χ3v) is 8.59. The number of benzene rings is 1. The van der Waals surface area contributed by atoms with Gasteiger partial charge in [0.25, 0.3) is 0 Å². The predicted molar refractivity (Wildman–Crippen MR) is 126 cm³/mol. The lowest BCUT2D eigenvalue weighted by molar-refractivity contribution is -0.938. The molecular formula is C26H33N2O3S+. The van der Waals surface area contributed by atoms with Gasteiger partial charge in [0.15, 0.2) is 6.10 Å². The lowest BCUT2D eigenvalue weighted by Gasteiger charge is -2.51. The number of ether oxygens (including phenoxy) is 1. The number of carbonyl (C=O) groups is 2. The maximum absolute atomic E-state index is 13.6. The Kier molecular flexibility index (Phi) is 6.44. The molecule has 6 heteroatoms. The van der Waals surface area contributed by atoms with E-state index in [0.29, 0.717) is 12.5 Å². The number of nitrogens with zero attached hydrogens (tertiary/aromatic N) is 2. The van der Waals surface area contributed by atoms with Gasteiger partial charge in [-0.05, 0) is 42.9 Å². The lowest BCUT2D eigenvalue weighted by atomic mass is 9.83. The molecule has 4 fully saturated rings. The number of likely N-dealkylation sites (tertiary alicyclic amines) is 1. The van der Waals surface area contributed by atoms with Crippen LogP contribution in [0.2, 0.25) is 0 Å². The number of hydrogen-bond donors (Lipinski definition) is 0. The van der Waals surface area contributed by atoms with E-state index in [1.165, 1.54) is 17.8 Å². The summed E-state index contributed by atoms with van der Waals surface area (Å²) in [5, 5.41) is 1.96. The van der Waals surface area contributed by atoms with Crippen molar-refractivity contribution in [2.75, 3.05) is 39.3 Å². The van der Waals surface area contributed by atoms with Crippen molar-refractivity contribution in [1.29, 1.82) is 0 Å². The zero-order valence-electron chi connectivity index (χ0n) is 18.7. The smallest absolute Gasteiger partial charge is 0.328 e. The van der Waals surface area contributed by atoms with Crippen molar-refractivity contribution in [2.24, 2.45) is 5.92 Å². The molecule has 1 aromatic carbocycles. The number of rotatable bonds is 7. The zero-order chi connectivity index (χ0) is 22.0. The zero-order valence-corrected chi connectivity index (χ0v) is 19.5. The highest BCUT2D eigenvalue weighted by molar-refractivity contribution is 7.12. The Balaban J connectivity index is 1.31. The van der Waals surface area contributed by atoms with Crippen LogP contribution in [-0.2, 0) is 9.53 Å². The number of quaternary nitrogens is 1. The number of carbonyl (C=O) groups excluding carboxylic acids is 2. The highest BCUT2D eigenvalue weighted by Gasteiger charge is 2.49. The van der Waals surface area contributed by atoms with Gasteiger partial charge in [0.05, 0.1) is 18.0 Å². The molecule has 0 N–H and O–H groups in total. The summed E-state index contributed by atoms with van der Waals surface area (Å²) in [5.41, 5.74) is 1.03. The molecule has 6 rings (SSSR count). The fourth-order valence-corrected chi connectivity index (χ4v) is 6.57. The molecule has 2 atom stereocenters. The minimum Gasteiger partial charge on any atom is -0.455 e. The van der Waals surface area contributed by atoms with Crippen molar-refractivity contribution in [3.63, 3.8) is 0 Å². The lowest BCUT2D eigenvalue weighted by Crippen LogP contribution is -2.65. The average Bonchev–Trinajstić information content (AvgIpc) is 3.37. The number of piperidine rings is 4. The molecule has 4 aliphatic heterocycles. The molecule has 0 aliphatic carbocycles. The molecule has 0 saturated carbocycles. The second kappa shape index (κ2) is 9.46. The van der Waals surface area contributed by atoms with E-state index in [1.807, 2.05) is 47.8 Å². The molecule has 32 heavy (non-hydrogen) atoms. The van der Waals surface area contributed by atoms with Gasteiger partial charge in [0.1, 0.15) is 19.1 Å². The van der Waals surface area contributed by atoms with Crippen molar-refractivity contribution >= 4 is 23.1 Å². The van der Waals surface area contributed by atoms with Gasteiger partial charge in [-0.15, -0.1) is 11.3 Å². The van der Waals surface area contributed by atoms with Crippen LogP contribution in [0.15, 0.2) is 47.8 Å². The fourth-order valence-electron chi connectivity index (χ4n) is 5.92.